The Morgan fingerprint density at radius 2 is 2.00 bits per heavy atom. The van der Waals surface area contributed by atoms with Gasteiger partial charge < -0.3 is 19.0 Å². The van der Waals surface area contributed by atoms with Gasteiger partial charge in [-0.3, -0.25) is 4.79 Å². The molecule has 3 heterocycles. The van der Waals surface area contributed by atoms with Gasteiger partial charge in [0.15, 0.2) is 6.61 Å². The number of ether oxygens (including phenoxy) is 1. The second-order valence-electron chi connectivity index (χ2n) is 8.54. The third-order valence-corrected chi connectivity index (χ3v) is 6.70. The monoisotopic (exact) mass is 421 g/mol. The number of piperidine rings is 1. The second kappa shape index (κ2) is 8.21. The minimum atomic E-state index is -0.238. The van der Waals surface area contributed by atoms with Crippen molar-refractivity contribution in [3.05, 3.63) is 57.5 Å². The van der Waals surface area contributed by atoms with Crippen molar-refractivity contribution >= 4 is 16.9 Å². The topological polar surface area (TPSA) is 88.4 Å². The number of nitrogens with one attached hydrogen (secondary N) is 1. The fraction of sp³-hybridized carbons (Fsp3) is 0.458. The Morgan fingerprint density at radius 1 is 1.23 bits per heavy atom. The summed E-state index contributed by atoms with van der Waals surface area (Å²) in [4.78, 5) is 34.5. The number of aromatic amines is 1. The number of hydrogen-bond acceptors (Lipinski definition) is 5. The first-order valence-electron chi connectivity index (χ1n) is 11.1. The van der Waals surface area contributed by atoms with Gasteiger partial charge in [0, 0.05) is 47.9 Å². The molecular formula is C24H27N3O4. The van der Waals surface area contributed by atoms with Gasteiger partial charge in [-0.1, -0.05) is 0 Å². The van der Waals surface area contributed by atoms with Gasteiger partial charge >= 0.3 is 5.63 Å². The highest BCUT2D eigenvalue weighted by molar-refractivity contribution is 5.86. The number of fused-ring (bicyclic) bond motifs is 3. The molecule has 1 aromatic carbocycles. The Labute approximate surface area is 180 Å². The maximum atomic E-state index is 12.7. The van der Waals surface area contributed by atoms with E-state index in [1.807, 2.05) is 30.2 Å². The zero-order chi connectivity index (χ0) is 21.4. The quantitative estimate of drug-likeness (QED) is 0.652. The summed E-state index contributed by atoms with van der Waals surface area (Å²) < 4.78 is 11.5. The van der Waals surface area contributed by atoms with Crippen LogP contribution in [0.1, 0.15) is 54.1 Å². The van der Waals surface area contributed by atoms with Gasteiger partial charge in [0.25, 0.3) is 5.91 Å². The van der Waals surface area contributed by atoms with E-state index in [4.69, 9.17) is 9.15 Å². The van der Waals surface area contributed by atoms with Crippen molar-refractivity contribution in [3.63, 3.8) is 0 Å². The van der Waals surface area contributed by atoms with Crippen molar-refractivity contribution in [1.29, 1.82) is 0 Å². The van der Waals surface area contributed by atoms with Gasteiger partial charge in [-0.25, -0.2) is 9.78 Å². The van der Waals surface area contributed by atoms with Crippen LogP contribution in [0.2, 0.25) is 0 Å². The summed E-state index contributed by atoms with van der Waals surface area (Å²) in [5.74, 6) is 1.94. The van der Waals surface area contributed by atoms with Gasteiger partial charge in [-0.2, -0.15) is 0 Å². The van der Waals surface area contributed by atoms with E-state index in [-0.39, 0.29) is 18.1 Å². The number of amides is 1. The predicted octanol–water partition coefficient (Wildman–Crippen LogP) is 3.49. The van der Waals surface area contributed by atoms with Crippen LogP contribution in [-0.4, -0.2) is 40.5 Å². The fourth-order valence-electron chi connectivity index (χ4n) is 4.92. The molecule has 0 spiro atoms. The lowest BCUT2D eigenvalue weighted by Crippen LogP contribution is -2.40. The van der Waals surface area contributed by atoms with Crippen LogP contribution in [0.4, 0.5) is 0 Å². The molecule has 1 saturated heterocycles. The predicted molar refractivity (Wildman–Crippen MR) is 117 cm³/mol. The molecule has 1 amide bonds. The number of benzene rings is 1. The van der Waals surface area contributed by atoms with Crippen LogP contribution in [0.5, 0.6) is 5.75 Å². The van der Waals surface area contributed by atoms with E-state index in [0.29, 0.717) is 30.3 Å². The number of aryl methyl sites for hydroxylation is 2. The summed E-state index contributed by atoms with van der Waals surface area (Å²) in [6.45, 7) is 3.26. The number of carbonyl (C=O) groups is 1. The summed E-state index contributed by atoms with van der Waals surface area (Å²) in [5, 5.41) is 0.991. The summed E-state index contributed by atoms with van der Waals surface area (Å²) in [6.07, 6.45) is 9.21. The molecule has 1 aliphatic carbocycles. The summed E-state index contributed by atoms with van der Waals surface area (Å²) in [7, 11) is 0. The summed E-state index contributed by atoms with van der Waals surface area (Å²) in [6, 6.07) is 3.85. The molecule has 1 fully saturated rings. The molecule has 0 radical (unpaired) electrons. The molecule has 7 nitrogen and oxygen atoms in total. The van der Waals surface area contributed by atoms with E-state index in [9.17, 15) is 9.59 Å². The number of carbonyl (C=O) groups excluding carboxylic acids is 1. The first kappa shape index (κ1) is 19.8. The molecule has 162 valence electrons. The second-order valence-corrected chi connectivity index (χ2v) is 8.54. The van der Waals surface area contributed by atoms with Gasteiger partial charge in [-0.05, 0) is 63.1 Å². The number of hydrogen-bond donors (Lipinski definition) is 1. The van der Waals surface area contributed by atoms with E-state index in [1.165, 1.54) is 0 Å². The third-order valence-electron chi connectivity index (χ3n) is 6.70. The largest absolute Gasteiger partial charge is 0.483 e. The molecule has 5 rings (SSSR count). The summed E-state index contributed by atoms with van der Waals surface area (Å²) >= 11 is 0. The molecule has 0 atom stereocenters. The van der Waals surface area contributed by atoms with Crippen LogP contribution in [-0.2, 0) is 17.6 Å². The number of nitrogens with zero attached hydrogens (tertiary/aromatic N) is 2. The van der Waals surface area contributed by atoms with Crippen LogP contribution in [0.3, 0.4) is 0 Å². The molecule has 0 unspecified atom stereocenters. The smallest absolute Gasteiger partial charge is 0.339 e. The van der Waals surface area contributed by atoms with Gasteiger partial charge in [0.05, 0.1) is 0 Å². The third kappa shape index (κ3) is 3.73. The summed E-state index contributed by atoms with van der Waals surface area (Å²) in [5.41, 5.74) is 3.04. The lowest BCUT2D eigenvalue weighted by molar-refractivity contribution is -0.134. The average molecular weight is 421 g/mol. The van der Waals surface area contributed by atoms with Crippen LogP contribution in [0.25, 0.3) is 11.0 Å². The Kier molecular flexibility index (Phi) is 5.26. The van der Waals surface area contributed by atoms with E-state index in [0.717, 1.165) is 66.4 Å². The van der Waals surface area contributed by atoms with Crippen LogP contribution in [0, 0.1) is 6.92 Å². The van der Waals surface area contributed by atoms with Crippen molar-refractivity contribution in [2.75, 3.05) is 19.7 Å². The van der Waals surface area contributed by atoms with E-state index in [2.05, 4.69) is 9.97 Å². The van der Waals surface area contributed by atoms with E-state index in [1.54, 1.807) is 6.20 Å². The highest BCUT2D eigenvalue weighted by atomic mass is 16.5. The molecule has 7 heteroatoms. The zero-order valence-electron chi connectivity index (χ0n) is 17.8. The van der Waals surface area contributed by atoms with Crippen molar-refractivity contribution in [3.8, 4) is 5.75 Å². The van der Waals surface area contributed by atoms with Crippen LogP contribution >= 0.6 is 0 Å². The molecule has 1 aliphatic heterocycles. The molecule has 0 bridgehead atoms. The Morgan fingerprint density at radius 3 is 2.74 bits per heavy atom. The lowest BCUT2D eigenvalue weighted by atomic mass is 9.90. The standard InChI is InChI=1S/C24H27N3O4/c1-15-20(7-6-18-17-4-2-3-5-19(17)24(29)31-22(15)18)30-14-21(28)27-12-8-16(9-13-27)23-25-10-11-26-23/h6-7,10-11,16H,2-5,8-9,12-14H2,1H3,(H,25,26). The van der Waals surface area contributed by atoms with Crippen molar-refractivity contribution in [2.24, 2.45) is 0 Å². The van der Waals surface area contributed by atoms with Crippen LogP contribution < -0.4 is 10.4 Å². The Hall–Kier alpha value is -3.09. The normalized spacial score (nSPS) is 17.0. The molecular weight excluding hydrogens is 394 g/mol. The highest BCUT2D eigenvalue weighted by Crippen LogP contribution is 2.32. The number of imidazole rings is 1. The number of H-pyrrole nitrogens is 1. The highest BCUT2D eigenvalue weighted by Gasteiger charge is 2.26. The number of aromatic nitrogens is 2. The van der Waals surface area contributed by atoms with Crippen molar-refractivity contribution in [2.45, 2.75) is 51.4 Å². The van der Waals surface area contributed by atoms with Gasteiger partial charge in [-0.15, -0.1) is 0 Å². The Bertz CT molecular complexity index is 1160. The molecule has 3 aromatic rings. The van der Waals surface area contributed by atoms with E-state index >= 15 is 0 Å². The molecule has 0 saturated carbocycles. The number of rotatable bonds is 4. The molecule has 1 N–H and O–H groups in total. The minimum Gasteiger partial charge on any atom is -0.483 e. The van der Waals surface area contributed by atoms with E-state index < -0.39 is 0 Å². The maximum absolute atomic E-state index is 12.7. The number of likely N-dealkylation sites (tertiary alicyclic amines) is 1. The first-order chi connectivity index (χ1) is 15.1. The molecule has 2 aliphatic rings. The van der Waals surface area contributed by atoms with Gasteiger partial charge in [0.1, 0.15) is 17.2 Å². The fourth-order valence-corrected chi connectivity index (χ4v) is 4.92. The first-order valence-corrected chi connectivity index (χ1v) is 11.1. The maximum Gasteiger partial charge on any atom is 0.339 e. The SMILES string of the molecule is Cc1c(OCC(=O)N2CCC(c3ncc[nH]3)CC2)ccc2c3c(c(=O)oc12)CCCC3. The van der Waals surface area contributed by atoms with Crippen molar-refractivity contribution in [1.82, 2.24) is 14.9 Å². The zero-order valence-corrected chi connectivity index (χ0v) is 17.8. The molecule has 2 aromatic heterocycles. The molecule has 31 heavy (non-hydrogen) atoms. The van der Waals surface area contributed by atoms with Crippen molar-refractivity contribution < 1.29 is 13.9 Å². The minimum absolute atomic E-state index is 0.0209. The van der Waals surface area contributed by atoms with Gasteiger partial charge in [0.2, 0.25) is 0 Å². The lowest BCUT2D eigenvalue weighted by Gasteiger charge is -2.31. The average Bonchev–Trinajstić information content (AvgIpc) is 3.34. The van der Waals surface area contributed by atoms with Crippen LogP contribution in [0.15, 0.2) is 33.7 Å². The Balaban J connectivity index is 1.27.